The Morgan fingerprint density at radius 2 is 2.21 bits per heavy atom. The molecule has 0 bridgehead atoms. The Morgan fingerprint density at radius 3 is 2.71 bits per heavy atom. The van der Waals surface area contributed by atoms with Gasteiger partial charge < -0.3 is 10.1 Å². The van der Waals surface area contributed by atoms with Gasteiger partial charge in [0.25, 0.3) is 5.56 Å². The van der Waals surface area contributed by atoms with Crippen LogP contribution in [0, 0.1) is 6.92 Å². The second-order valence-electron chi connectivity index (χ2n) is 3.03. The molecule has 0 fully saturated rings. The number of aromatic amines is 1. The van der Waals surface area contributed by atoms with Crippen LogP contribution < -0.4 is 5.56 Å². The summed E-state index contributed by atoms with van der Waals surface area (Å²) in [4.78, 5) is 28.5. The largest absolute Gasteiger partial charge is 0.476 e. The van der Waals surface area contributed by atoms with E-state index in [-0.39, 0.29) is 16.8 Å². The lowest BCUT2D eigenvalue weighted by Crippen LogP contribution is -2.21. The number of aryl methyl sites for hydroxylation is 1. The van der Waals surface area contributed by atoms with E-state index in [9.17, 15) is 9.59 Å². The molecule has 5 heteroatoms. The normalized spacial score (nSPS) is 10.1. The lowest BCUT2D eigenvalue weighted by Gasteiger charge is -2.03. The number of hydrogen-bond donors (Lipinski definition) is 2. The summed E-state index contributed by atoms with van der Waals surface area (Å²) in [6, 6.07) is 0. The van der Waals surface area contributed by atoms with Gasteiger partial charge >= 0.3 is 5.97 Å². The van der Waals surface area contributed by atoms with Crippen molar-refractivity contribution in [3.05, 3.63) is 27.4 Å². The van der Waals surface area contributed by atoms with Gasteiger partial charge in [0.2, 0.25) is 0 Å². The van der Waals surface area contributed by atoms with Gasteiger partial charge in [-0.15, -0.1) is 0 Å². The maximum Gasteiger partial charge on any atom is 0.355 e. The van der Waals surface area contributed by atoms with Crippen molar-refractivity contribution in [1.29, 1.82) is 0 Å². The zero-order valence-electron chi connectivity index (χ0n) is 8.13. The number of nitrogens with zero attached hydrogens (tertiary/aromatic N) is 1. The van der Waals surface area contributed by atoms with Crippen LogP contribution in [0.2, 0.25) is 0 Å². The lowest BCUT2D eigenvalue weighted by molar-refractivity contribution is 0.0688. The summed E-state index contributed by atoms with van der Waals surface area (Å²) in [5.74, 6) is -0.824. The summed E-state index contributed by atoms with van der Waals surface area (Å²) < 4.78 is 0. The maximum atomic E-state index is 11.4. The highest BCUT2D eigenvalue weighted by Gasteiger charge is 2.15. The molecule has 76 valence electrons. The molecule has 0 radical (unpaired) electrons. The summed E-state index contributed by atoms with van der Waals surface area (Å²) in [5, 5.41) is 8.83. The molecule has 1 heterocycles. The van der Waals surface area contributed by atoms with Crippen LogP contribution in [0.25, 0.3) is 0 Å². The Kier molecular flexibility index (Phi) is 3.01. The molecule has 0 aliphatic carbocycles. The van der Waals surface area contributed by atoms with Crippen molar-refractivity contribution in [1.82, 2.24) is 9.97 Å². The van der Waals surface area contributed by atoms with Crippen molar-refractivity contribution in [3.8, 4) is 0 Å². The summed E-state index contributed by atoms with van der Waals surface area (Å²) >= 11 is 0. The molecule has 14 heavy (non-hydrogen) atoms. The molecule has 2 N–H and O–H groups in total. The standard InChI is InChI=1S/C9H12N2O3/c1-3-4-6-7(9(13)14)10-5(2)11-8(6)12/h3-4H2,1-2H3,(H,13,14)(H,10,11,12). The van der Waals surface area contributed by atoms with Gasteiger partial charge in [0.05, 0.1) is 5.56 Å². The second-order valence-corrected chi connectivity index (χ2v) is 3.03. The van der Waals surface area contributed by atoms with Crippen LogP contribution in [0.5, 0.6) is 0 Å². The topological polar surface area (TPSA) is 83.0 Å². The second kappa shape index (κ2) is 4.04. The highest BCUT2D eigenvalue weighted by Crippen LogP contribution is 2.03. The Bertz CT molecular complexity index is 409. The number of nitrogens with one attached hydrogen (secondary N) is 1. The molecule has 1 rings (SSSR count). The number of carboxylic acid groups (broad SMARTS) is 1. The number of H-pyrrole nitrogens is 1. The quantitative estimate of drug-likeness (QED) is 0.746. The zero-order valence-corrected chi connectivity index (χ0v) is 8.13. The van der Waals surface area contributed by atoms with E-state index in [4.69, 9.17) is 5.11 Å². The van der Waals surface area contributed by atoms with Crippen LogP contribution in [0.15, 0.2) is 4.79 Å². The van der Waals surface area contributed by atoms with Crippen molar-refractivity contribution < 1.29 is 9.90 Å². The Balaban J connectivity index is 3.36. The predicted molar refractivity (Wildman–Crippen MR) is 50.5 cm³/mol. The van der Waals surface area contributed by atoms with Crippen molar-refractivity contribution in [2.45, 2.75) is 26.7 Å². The van der Waals surface area contributed by atoms with E-state index in [0.717, 1.165) is 0 Å². The molecule has 0 aromatic carbocycles. The first-order valence-electron chi connectivity index (χ1n) is 4.39. The van der Waals surface area contributed by atoms with Gasteiger partial charge in [-0.2, -0.15) is 0 Å². The summed E-state index contributed by atoms with van der Waals surface area (Å²) in [7, 11) is 0. The van der Waals surface area contributed by atoms with E-state index in [1.54, 1.807) is 6.92 Å². The number of carboxylic acids is 1. The number of aromatic carboxylic acids is 1. The van der Waals surface area contributed by atoms with Crippen molar-refractivity contribution in [3.63, 3.8) is 0 Å². The van der Waals surface area contributed by atoms with E-state index in [2.05, 4.69) is 9.97 Å². The van der Waals surface area contributed by atoms with Gasteiger partial charge in [0.1, 0.15) is 5.82 Å². The van der Waals surface area contributed by atoms with E-state index < -0.39 is 5.97 Å². The monoisotopic (exact) mass is 196 g/mol. The van der Waals surface area contributed by atoms with Gasteiger partial charge in [0.15, 0.2) is 5.69 Å². The number of carbonyl (C=O) groups is 1. The van der Waals surface area contributed by atoms with Crippen LogP contribution >= 0.6 is 0 Å². The predicted octanol–water partition coefficient (Wildman–Crippen LogP) is 0.729. The van der Waals surface area contributed by atoms with Crippen LogP contribution in [0.1, 0.15) is 35.2 Å². The third kappa shape index (κ3) is 1.99. The molecule has 0 atom stereocenters. The van der Waals surface area contributed by atoms with Crippen LogP contribution in [0.3, 0.4) is 0 Å². The Labute approximate surface area is 80.8 Å². The third-order valence-corrected chi connectivity index (χ3v) is 1.84. The molecule has 0 amide bonds. The molecule has 1 aromatic rings. The van der Waals surface area contributed by atoms with Crippen LogP contribution in [-0.4, -0.2) is 21.0 Å². The Morgan fingerprint density at radius 1 is 1.57 bits per heavy atom. The van der Waals surface area contributed by atoms with E-state index >= 15 is 0 Å². The molecular weight excluding hydrogens is 184 g/mol. The molecule has 0 aliphatic heterocycles. The average Bonchev–Trinajstić information content (AvgIpc) is 2.09. The van der Waals surface area contributed by atoms with Gasteiger partial charge in [-0.3, -0.25) is 4.79 Å². The van der Waals surface area contributed by atoms with Gasteiger partial charge in [0, 0.05) is 0 Å². The zero-order chi connectivity index (χ0) is 10.7. The summed E-state index contributed by atoms with van der Waals surface area (Å²) in [6.45, 7) is 3.44. The van der Waals surface area contributed by atoms with E-state index in [0.29, 0.717) is 18.7 Å². The minimum atomic E-state index is -1.15. The molecule has 5 nitrogen and oxygen atoms in total. The maximum absolute atomic E-state index is 11.4. The number of hydrogen-bond acceptors (Lipinski definition) is 3. The third-order valence-electron chi connectivity index (χ3n) is 1.84. The van der Waals surface area contributed by atoms with E-state index in [1.165, 1.54) is 0 Å². The van der Waals surface area contributed by atoms with E-state index in [1.807, 2.05) is 6.92 Å². The first-order valence-corrected chi connectivity index (χ1v) is 4.39. The van der Waals surface area contributed by atoms with Crippen molar-refractivity contribution in [2.24, 2.45) is 0 Å². The van der Waals surface area contributed by atoms with Gasteiger partial charge in [-0.1, -0.05) is 13.3 Å². The molecule has 0 spiro atoms. The fourth-order valence-corrected chi connectivity index (χ4v) is 1.27. The first-order chi connectivity index (χ1) is 6.56. The average molecular weight is 196 g/mol. The molecular formula is C9H12N2O3. The Hall–Kier alpha value is -1.65. The smallest absolute Gasteiger partial charge is 0.355 e. The van der Waals surface area contributed by atoms with Crippen molar-refractivity contribution >= 4 is 5.97 Å². The molecule has 0 saturated heterocycles. The SMILES string of the molecule is CCCc1c(C(=O)O)nc(C)[nH]c1=O. The highest BCUT2D eigenvalue weighted by molar-refractivity contribution is 5.86. The molecule has 0 saturated carbocycles. The van der Waals surface area contributed by atoms with Crippen LogP contribution in [-0.2, 0) is 6.42 Å². The summed E-state index contributed by atoms with van der Waals surface area (Å²) in [6.07, 6.45) is 1.15. The fraction of sp³-hybridized carbons (Fsp3) is 0.444. The first kappa shape index (κ1) is 10.4. The minimum Gasteiger partial charge on any atom is -0.476 e. The highest BCUT2D eigenvalue weighted by atomic mass is 16.4. The van der Waals surface area contributed by atoms with Crippen molar-refractivity contribution in [2.75, 3.05) is 0 Å². The number of aromatic nitrogens is 2. The number of rotatable bonds is 3. The molecule has 0 aliphatic rings. The van der Waals surface area contributed by atoms with Crippen LogP contribution in [0.4, 0.5) is 0 Å². The summed E-state index contributed by atoms with van der Waals surface area (Å²) in [5.41, 5.74) is -0.226. The van der Waals surface area contributed by atoms with Gasteiger partial charge in [-0.25, -0.2) is 9.78 Å². The van der Waals surface area contributed by atoms with Gasteiger partial charge in [-0.05, 0) is 13.3 Å². The lowest BCUT2D eigenvalue weighted by atomic mass is 10.1. The fourth-order valence-electron chi connectivity index (χ4n) is 1.27. The molecule has 1 aromatic heterocycles. The molecule has 0 unspecified atom stereocenters. The minimum absolute atomic E-state index is 0.131.